The molecule has 0 radical (unpaired) electrons. The zero-order chi connectivity index (χ0) is 15.0. The van der Waals surface area contributed by atoms with E-state index in [4.69, 9.17) is 4.42 Å². The number of amides is 1. The molecule has 6 heteroatoms. The molecule has 0 aromatic carbocycles. The van der Waals surface area contributed by atoms with E-state index >= 15 is 0 Å². The quantitative estimate of drug-likeness (QED) is 0.911. The lowest BCUT2D eigenvalue weighted by molar-refractivity contribution is 0.0721. The molecule has 0 atom stereocenters. The first-order chi connectivity index (χ1) is 10.0. The Morgan fingerprint density at radius 1 is 1.43 bits per heavy atom. The van der Waals surface area contributed by atoms with Gasteiger partial charge >= 0.3 is 0 Å². The Labute approximate surface area is 121 Å². The molecule has 0 fully saturated rings. The van der Waals surface area contributed by atoms with Crippen LogP contribution in [-0.4, -0.2) is 27.3 Å². The average Bonchev–Trinajstić information content (AvgIpc) is 2.89. The highest BCUT2D eigenvalue weighted by Crippen LogP contribution is 2.24. The largest absolute Gasteiger partial charge is 0.445 e. The summed E-state index contributed by atoms with van der Waals surface area (Å²) in [5.41, 5.74) is 0.845. The standard InChI is InChI=1S/C15H17N3O3/c1-9(2)14-17-11-8-18(7-6-12(11)21-14)15(20)10-4-3-5-13(19)16-10/h3-5,9H,6-8H2,1-2H3,(H,16,19). The van der Waals surface area contributed by atoms with Crippen LogP contribution in [0.25, 0.3) is 0 Å². The highest BCUT2D eigenvalue weighted by Gasteiger charge is 2.26. The van der Waals surface area contributed by atoms with Crippen molar-refractivity contribution >= 4 is 5.91 Å². The summed E-state index contributed by atoms with van der Waals surface area (Å²) in [4.78, 5) is 32.4. The van der Waals surface area contributed by atoms with Gasteiger partial charge in [-0.2, -0.15) is 0 Å². The maximum Gasteiger partial charge on any atom is 0.270 e. The van der Waals surface area contributed by atoms with Crippen molar-refractivity contribution < 1.29 is 9.21 Å². The maximum absolute atomic E-state index is 12.4. The van der Waals surface area contributed by atoms with E-state index in [1.807, 2.05) is 13.8 Å². The minimum Gasteiger partial charge on any atom is -0.445 e. The van der Waals surface area contributed by atoms with Crippen LogP contribution in [0.4, 0.5) is 0 Å². The number of nitrogens with zero attached hydrogens (tertiary/aromatic N) is 2. The van der Waals surface area contributed by atoms with Crippen LogP contribution in [0.1, 0.15) is 47.6 Å². The maximum atomic E-state index is 12.4. The smallest absolute Gasteiger partial charge is 0.270 e. The van der Waals surface area contributed by atoms with E-state index in [1.54, 1.807) is 17.0 Å². The summed E-state index contributed by atoms with van der Waals surface area (Å²) >= 11 is 0. The van der Waals surface area contributed by atoms with Crippen molar-refractivity contribution in [3.63, 3.8) is 0 Å². The van der Waals surface area contributed by atoms with Crippen molar-refractivity contribution in [1.82, 2.24) is 14.9 Å². The zero-order valence-corrected chi connectivity index (χ0v) is 12.0. The number of H-pyrrole nitrogens is 1. The van der Waals surface area contributed by atoms with E-state index in [0.717, 1.165) is 11.5 Å². The number of aromatic nitrogens is 2. The molecule has 1 aliphatic heterocycles. The van der Waals surface area contributed by atoms with Gasteiger partial charge in [-0.25, -0.2) is 4.98 Å². The van der Waals surface area contributed by atoms with Crippen molar-refractivity contribution in [2.45, 2.75) is 32.7 Å². The highest BCUT2D eigenvalue weighted by molar-refractivity contribution is 5.92. The van der Waals surface area contributed by atoms with Crippen LogP contribution in [-0.2, 0) is 13.0 Å². The van der Waals surface area contributed by atoms with Gasteiger partial charge in [-0.15, -0.1) is 0 Å². The van der Waals surface area contributed by atoms with Crippen molar-refractivity contribution in [3.8, 4) is 0 Å². The Hall–Kier alpha value is -2.37. The summed E-state index contributed by atoms with van der Waals surface area (Å²) in [6.45, 7) is 5.03. The van der Waals surface area contributed by atoms with Crippen LogP contribution >= 0.6 is 0 Å². The second kappa shape index (κ2) is 5.20. The Morgan fingerprint density at radius 2 is 2.24 bits per heavy atom. The van der Waals surface area contributed by atoms with Gasteiger partial charge in [0, 0.05) is 24.9 Å². The summed E-state index contributed by atoms with van der Waals surface area (Å²) in [7, 11) is 0. The van der Waals surface area contributed by atoms with Crippen LogP contribution in [0.5, 0.6) is 0 Å². The Kier molecular flexibility index (Phi) is 3.37. The van der Waals surface area contributed by atoms with Gasteiger partial charge in [-0.05, 0) is 6.07 Å². The highest BCUT2D eigenvalue weighted by atomic mass is 16.4. The van der Waals surface area contributed by atoms with E-state index in [-0.39, 0.29) is 17.4 Å². The third-order valence-corrected chi connectivity index (χ3v) is 3.52. The molecule has 3 rings (SSSR count). The fraction of sp³-hybridized carbons (Fsp3) is 0.400. The molecule has 1 aliphatic rings. The summed E-state index contributed by atoms with van der Waals surface area (Å²) in [5.74, 6) is 1.62. The second-order valence-electron chi connectivity index (χ2n) is 5.48. The summed E-state index contributed by atoms with van der Waals surface area (Å²) in [6, 6.07) is 4.58. The van der Waals surface area contributed by atoms with E-state index in [9.17, 15) is 9.59 Å². The first-order valence-electron chi connectivity index (χ1n) is 7.01. The van der Waals surface area contributed by atoms with Gasteiger partial charge in [0.2, 0.25) is 5.56 Å². The Balaban J connectivity index is 1.82. The van der Waals surface area contributed by atoms with Crippen LogP contribution in [0.3, 0.4) is 0 Å². The number of oxazole rings is 1. The van der Waals surface area contributed by atoms with Gasteiger partial charge < -0.3 is 14.3 Å². The monoisotopic (exact) mass is 287 g/mol. The van der Waals surface area contributed by atoms with Crippen molar-refractivity contribution in [3.05, 3.63) is 51.6 Å². The first kappa shape index (κ1) is 13.6. The SMILES string of the molecule is CC(C)c1nc2c(o1)CCN(C(=O)c1cccc(=O)[nH]1)C2. The number of pyridine rings is 1. The predicted octanol–water partition coefficient (Wildman–Crippen LogP) is 1.68. The van der Waals surface area contributed by atoms with Crippen molar-refractivity contribution in [1.29, 1.82) is 0 Å². The van der Waals surface area contributed by atoms with Crippen molar-refractivity contribution in [2.24, 2.45) is 0 Å². The number of hydrogen-bond donors (Lipinski definition) is 1. The van der Waals surface area contributed by atoms with Crippen LogP contribution in [0.2, 0.25) is 0 Å². The number of aromatic amines is 1. The molecule has 110 valence electrons. The summed E-state index contributed by atoms with van der Waals surface area (Å²) in [6.07, 6.45) is 0.651. The fourth-order valence-corrected chi connectivity index (χ4v) is 2.38. The number of fused-ring (bicyclic) bond motifs is 1. The Bertz CT molecular complexity index is 730. The van der Waals surface area contributed by atoms with Gasteiger partial charge in [-0.3, -0.25) is 9.59 Å². The predicted molar refractivity (Wildman–Crippen MR) is 76.1 cm³/mol. The topological polar surface area (TPSA) is 79.2 Å². The molecule has 0 spiro atoms. The summed E-state index contributed by atoms with van der Waals surface area (Å²) in [5, 5.41) is 0. The van der Waals surface area contributed by atoms with Gasteiger partial charge in [0.15, 0.2) is 5.89 Å². The molecule has 0 bridgehead atoms. The summed E-state index contributed by atoms with van der Waals surface area (Å²) < 4.78 is 5.71. The molecule has 0 unspecified atom stereocenters. The van der Waals surface area contributed by atoms with Crippen LogP contribution in [0, 0.1) is 0 Å². The lowest BCUT2D eigenvalue weighted by Gasteiger charge is -2.25. The van der Waals surface area contributed by atoms with Crippen LogP contribution < -0.4 is 5.56 Å². The number of hydrogen-bond acceptors (Lipinski definition) is 4. The normalized spacial score (nSPS) is 14.3. The van der Waals surface area contributed by atoms with E-state index in [1.165, 1.54) is 6.07 Å². The van der Waals surface area contributed by atoms with E-state index in [0.29, 0.717) is 31.1 Å². The Morgan fingerprint density at radius 3 is 2.95 bits per heavy atom. The third kappa shape index (κ3) is 2.61. The fourth-order valence-electron chi connectivity index (χ4n) is 2.38. The average molecular weight is 287 g/mol. The molecule has 6 nitrogen and oxygen atoms in total. The number of carbonyl (C=O) groups is 1. The molecule has 0 saturated heterocycles. The number of nitrogens with one attached hydrogen (secondary N) is 1. The molecular weight excluding hydrogens is 270 g/mol. The molecule has 21 heavy (non-hydrogen) atoms. The molecule has 0 aliphatic carbocycles. The van der Waals surface area contributed by atoms with Gasteiger partial charge in [0.1, 0.15) is 17.1 Å². The van der Waals surface area contributed by atoms with E-state index in [2.05, 4.69) is 9.97 Å². The van der Waals surface area contributed by atoms with Gasteiger partial charge in [0.25, 0.3) is 5.91 Å². The number of carbonyl (C=O) groups excluding carboxylic acids is 1. The van der Waals surface area contributed by atoms with Gasteiger partial charge in [0.05, 0.1) is 6.54 Å². The molecule has 2 aromatic heterocycles. The molecule has 1 amide bonds. The minimum absolute atomic E-state index is 0.188. The third-order valence-electron chi connectivity index (χ3n) is 3.52. The minimum atomic E-state index is -0.276. The van der Waals surface area contributed by atoms with Crippen LogP contribution in [0.15, 0.2) is 27.4 Å². The zero-order valence-electron chi connectivity index (χ0n) is 12.0. The first-order valence-corrected chi connectivity index (χ1v) is 7.01. The van der Waals surface area contributed by atoms with Gasteiger partial charge in [-0.1, -0.05) is 19.9 Å². The molecule has 2 aromatic rings. The molecule has 1 N–H and O–H groups in total. The number of rotatable bonds is 2. The second-order valence-corrected chi connectivity index (χ2v) is 5.48. The molecule has 3 heterocycles. The molecular formula is C15H17N3O3. The van der Waals surface area contributed by atoms with E-state index < -0.39 is 0 Å². The lowest BCUT2D eigenvalue weighted by Crippen LogP contribution is -2.36. The lowest BCUT2D eigenvalue weighted by atomic mass is 10.1. The van der Waals surface area contributed by atoms with Crippen molar-refractivity contribution in [2.75, 3.05) is 6.54 Å². The molecule has 0 saturated carbocycles.